The highest BCUT2D eigenvalue weighted by Gasteiger charge is 2.16. The van der Waals surface area contributed by atoms with Gasteiger partial charge in [0.25, 0.3) is 0 Å². The molecule has 0 aliphatic carbocycles. The molecule has 2 aromatic rings. The van der Waals surface area contributed by atoms with E-state index < -0.39 is 0 Å². The molecule has 0 saturated carbocycles. The van der Waals surface area contributed by atoms with Crippen LogP contribution in [-0.2, 0) is 0 Å². The van der Waals surface area contributed by atoms with Gasteiger partial charge in [0.05, 0.1) is 18.7 Å². The van der Waals surface area contributed by atoms with Crippen LogP contribution in [0.15, 0.2) is 34.9 Å². The predicted octanol–water partition coefficient (Wildman–Crippen LogP) is 2.32. The van der Waals surface area contributed by atoms with Crippen LogP contribution < -0.4 is 0 Å². The minimum Gasteiger partial charge on any atom is -0.464 e. The third-order valence-electron chi connectivity index (χ3n) is 3.10. The Morgan fingerprint density at radius 2 is 2.11 bits per heavy atom. The molecule has 0 bridgehead atoms. The van der Waals surface area contributed by atoms with Gasteiger partial charge in [-0.15, -0.1) is 0 Å². The molecule has 0 unspecified atom stereocenters. The Labute approximate surface area is 112 Å². The van der Waals surface area contributed by atoms with Crippen molar-refractivity contribution in [1.29, 1.82) is 0 Å². The van der Waals surface area contributed by atoms with Gasteiger partial charge in [-0.1, -0.05) is 25.1 Å². The van der Waals surface area contributed by atoms with Gasteiger partial charge in [0.2, 0.25) is 0 Å². The molecule has 102 valence electrons. The Hall–Kier alpha value is -1.65. The summed E-state index contributed by atoms with van der Waals surface area (Å²) in [4.78, 5) is 14.3. The summed E-state index contributed by atoms with van der Waals surface area (Å²) in [6, 6.07) is 7.52. The van der Waals surface area contributed by atoms with Crippen molar-refractivity contribution in [3.05, 3.63) is 36.1 Å². The molecule has 1 heterocycles. The van der Waals surface area contributed by atoms with Crippen LogP contribution in [0.25, 0.3) is 11.0 Å². The summed E-state index contributed by atoms with van der Waals surface area (Å²) < 4.78 is 5.38. The average Bonchev–Trinajstić information content (AvgIpc) is 2.83. The summed E-state index contributed by atoms with van der Waals surface area (Å²) >= 11 is 0. The molecule has 0 atom stereocenters. The van der Waals surface area contributed by atoms with Crippen LogP contribution in [0.2, 0.25) is 0 Å². The highest BCUT2D eigenvalue weighted by Crippen LogP contribution is 2.21. The van der Waals surface area contributed by atoms with Crippen LogP contribution in [0.3, 0.4) is 0 Å². The number of benzene rings is 1. The van der Waals surface area contributed by atoms with Crippen LogP contribution in [-0.4, -0.2) is 42.0 Å². The highest BCUT2D eigenvalue weighted by molar-refractivity contribution is 6.08. The molecule has 0 saturated heterocycles. The fraction of sp³-hybridized carbons (Fsp3) is 0.400. The number of rotatable bonds is 7. The van der Waals surface area contributed by atoms with Crippen LogP contribution in [0.1, 0.15) is 23.7 Å². The van der Waals surface area contributed by atoms with Crippen molar-refractivity contribution < 1.29 is 14.3 Å². The lowest BCUT2D eigenvalue weighted by atomic mass is 10.1. The summed E-state index contributed by atoms with van der Waals surface area (Å²) in [5.74, 6) is 0.0341. The molecule has 19 heavy (non-hydrogen) atoms. The van der Waals surface area contributed by atoms with Gasteiger partial charge in [-0.25, -0.2) is 0 Å². The Bertz CT molecular complexity index is 541. The molecule has 0 aliphatic rings. The first kappa shape index (κ1) is 13.8. The summed E-state index contributed by atoms with van der Waals surface area (Å²) in [5.41, 5.74) is 1.35. The largest absolute Gasteiger partial charge is 0.464 e. The Morgan fingerprint density at radius 3 is 2.84 bits per heavy atom. The molecular weight excluding hydrogens is 242 g/mol. The first-order valence-electron chi connectivity index (χ1n) is 6.59. The Morgan fingerprint density at radius 1 is 1.32 bits per heavy atom. The van der Waals surface area contributed by atoms with Crippen molar-refractivity contribution in [3.63, 3.8) is 0 Å². The van der Waals surface area contributed by atoms with Crippen LogP contribution >= 0.6 is 0 Å². The molecule has 0 spiro atoms. The third kappa shape index (κ3) is 3.22. The second kappa shape index (κ2) is 6.50. The summed E-state index contributed by atoms with van der Waals surface area (Å²) in [7, 11) is 0. The van der Waals surface area contributed by atoms with Crippen LogP contribution in [0.4, 0.5) is 0 Å². The van der Waals surface area contributed by atoms with E-state index in [4.69, 9.17) is 9.52 Å². The number of carbonyl (C=O) groups excluding carboxylic acids is 1. The number of para-hydroxylation sites is 1. The number of fused-ring (bicyclic) bond motifs is 1. The van der Waals surface area contributed by atoms with E-state index in [-0.39, 0.29) is 12.4 Å². The standard InChI is InChI=1S/C15H19NO3/c1-2-7-16(8-9-17)10-14(18)13-11-19-15-6-4-3-5-12(13)15/h3-6,11,17H,2,7-10H2,1H3. The first-order valence-corrected chi connectivity index (χ1v) is 6.59. The predicted molar refractivity (Wildman–Crippen MR) is 74.4 cm³/mol. The molecule has 1 N–H and O–H groups in total. The monoisotopic (exact) mass is 261 g/mol. The number of aliphatic hydroxyl groups is 1. The van der Waals surface area contributed by atoms with Gasteiger partial charge >= 0.3 is 0 Å². The van der Waals surface area contributed by atoms with Gasteiger partial charge in [0, 0.05) is 11.9 Å². The molecule has 4 heteroatoms. The van der Waals surface area contributed by atoms with E-state index in [1.54, 1.807) is 0 Å². The molecule has 0 aliphatic heterocycles. The SMILES string of the molecule is CCCN(CCO)CC(=O)c1coc2ccccc12. The molecule has 1 aromatic heterocycles. The van der Waals surface area contributed by atoms with Gasteiger partial charge in [-0.3, -0.25) is 9.69 Å². The molecule has 0 amide bonds. The van der Waals surface area contributed by atoms with E-state index in [0.29, 0.717) is 18.7 Å². The lowest BCUT2D eigenvalue weighted by molar-refractivity contribution is 0.0916. The maximum atomic E-state index is 12.3. The number of hydrogen-bond donors (Lipinski definition) is 1. The van der Waals surface area contributed by atoms with E-state index in [9.17, 15) is 4.79 Å². The van der Waals surface area contributed by atoms with E-state index in [0.717, 1.165) is 23.9 Å². The quantitative estimate of drug-likeness (QED) is 0.777. The molecular formula is C15H19NO3. The molecule has 1 aromatic carbocycles. The van der Waals surface area contributed by atoms with Crippen molar-refractivity contribution >= 4 is 16.8 Å². The van der Waals surface area contributed by atoms with Crippen molar-refractivity contribution in [2.75, 3.05) is 26.2 Å². The van der Waals surface area contributed by atoms with Gasteiger partial charge in [0.15, 0.2) is 5.78 Å². The van der Waals surface area contributed by atoms with E-state index >= 15 is 0 Å². The normalized spacial score (nSPS) is 11.3. The molecule has 0 fully saturated rings. The maximum Gasteiger partial charge on any atom is 0.180 e. The second-order valence-corrected chi connectivity index (χ2v) is 4.57. The number of hydrogen-bond acceptors (Lipinski definition) is 4. The number of aliphatic hydroxyl groups excluding tert-OH is 1. The molecule has 2 rings (SSSR count). The van der Waals surface area contributed by atoms with Crippen molar-refractivity contribution in [2.45, 2.75) is 13.3 Å². The minimum absolute atomic E-state index is 0.0341. The second-order valence-electron chi connectivity index (χ2n) is 4.57. The first-order chi connectivity index (χ1) is 9.26. The van der Waals surface area contributed by atoms with Crippen molar-refractivity contribution in [2.24, 2.45) is 0 Å². The molecule has 4 nitrogen and oxygen atoms in total. The maximum absolute atomic E-state index is 12.3. The van der Waals surface area contributed by atoms with E-state index in [1.165, 1.54) is 6.26 Å². The number of nitrogens with zero attached hydrogens (tertiary/aromatic N) is 1. The molecule has 0 radical (unpaired) electrons. The van der Waals surface area contributed by atoms with Crippen LogP contribution in [0, 0.1) is 0 Å². The zero-order valence-corrected chi connectivity index (χ0v) is 11.1. The number of ketones is 1. The van der Waals surface area contributed by atoms with Gasteiger partial charge in [-0.2, -0.15) is 0 Å². The number of carbonyl (C=O) groups is 1. The number of Topliss-reactive ketones (excluding diaryl/α,β-unsaturated/α-hetero) is 1. The summed E-state index contributed by atoms with van der Waals surface area (Å²) in [5, 5.41) is 9.86. The Balaban J connectivity index is 2.14. The van der Waals surface area contributed by atoms with Crippen molar-refractivity contribution in [1.82, 2.24) is 4.90 Å². The van der Waals surface area contributed by atoms with Crippen molar-refractivity contribution in [3.8, 4) is 0 Å². The Kier molecular flexibility index (Phi) is 4.71. The minimum atomic E-state index is 0.0341. The van der Waals surface area contributed by atoms with E-state index in [1.807, 2.05) is 29.2 Å². The number of furan rings is 1. The van der Waals surface area contributed by atoms with Gasteiger partial charge in [0.1, 0.15) is 11.8 Å². The smallest absolute Gasteiger partial charge is 0.180 e. The highest BCUT2D eigenvalue weighted by atomic mass is 16.3. The lowest BCUT2D eigenvalue weighted by Gasteiger charge is -2.19. The van der Waals surface area contributed by atoms with Crippen LogP contribution in [0.5, 0.6) is 0 Å². The topological polar surface area (TPSA) is 53.7 Å². The fourth-order valence-electron chi connectivity index (χ4n) is 2.21. The lowest BCUT2D eigenvalue weighted by Crippen LogP contribution is -2.33. The zero-order valence-electron chi connectivity index (χ0n) is 11.1. The summed E-state index contributed by atoms with van der Waals surface area (Å²) in [6.45, 7) is 3.77. The average molecular weight is 261 g/mol. The zero-order chi connectivity index (χ0) is 13.7. The van der Waals surface area contributed by atoms with E-state index in [2.05, 4.69) is 6.92 Å². The van der Waals surface area contributed by atoms with Gasteiger partial charge in [-0.05, 0) is 19.0 Å². The van der Waals surface area contributed by atoms with Gasteiger partial charge < -0.3 is 9.52 Å². The fourth-order valence-corrected chi connectivity index (χ4v) is 2.21. The third-order valence-corrected chi connectivity index (χ3v) is 3.10. The summed E-state index contributed by atoms with van der Waals surface area (Å²) in [6.07, 6.45) is 2.48.